The molecule has 7 nitrogen and oxygen atoms in total. The van der Waals surface area contributed by atoms with Crippen LogP contribution < -0.4 is 10.2 Å². The summed E-state index contributed by atoms with van der Waals surface area (Å²) >= 11 is 1.59. The van der Waals surface area contributed by atoms with Gasteiger partial charge >= 0.3 is 0 Å². The number of hydrogen-bond donors (Lipinski definition) is 2. The molecule has 3 rings (SSSR count). The van der Waals surface area contributed by atoms with Crippen LogP contribution >= 0.6 is 11.3 Å². The minimum absolute atomic E-state index is 0.590. The number of nitrogens with one attached hydrogen (secondary N) is 2. The minimum Gasteiger partial charge on any atom is -0.354 e. The van der Waals surface area contributed by atoms with Gasteiger partial charge in [-0.3, -0.25) is 0 Å². The second kappa shape index (κ2) is 5.41. The van der Waals surface area contributed by atoms with Crippen LogP contribution in [0.4, 0.5) is 11.8 Å². The first kappa shape index (κ1) is 12.8. The van der Waals surface area contributed by atoms with E-state index < -0.39 is 0 Å². The van der Waals surface area contributed by atoms with Crippen LogP contribution in [0.2, 0.25) is 0 Å². The molecule has 3 heterocycles. The Hall–Kier alpha value is -2.22. The number of imidazole rings is 1. The van der Waals surface area contributed by atoms with Crippen molar-refractivity contribution in [2.24, 2.45) is 0 Å². The molecule has 0 saturated carbocycles. The number of aromatic nitrogens is 5. The molecule has 3 aromatic rings. The van der Waals surface area contributed by atoms with Gasteiger partial charge in [-0.1, -0.05) is 0 Å². The number of aromatic amines is 1. The number of H-pyrrole nitrogens is 1. The Bertz CT molecular complexity index is 691. The van der Waals surface area contributed by atoms with Crippen molar-refractivity contribution in [2.75, 3.05) is 23.8 Å². The fourth-order valence-corrected chi connectivity index (χ4v) is 2.51. The van der Waals surface area contributed by atoms with Gasteiger partial charge in [-0.2, -0.15) is 9.97 Å². The van der Waals surface area contributed by atoms with E-state index >= 15 is 0 Å². The SMILES string of the molecule is CCNc1nc(N(C)Cc2cscn2)c2[nH]cnc2n1. The molecule has 0 aromatic carbocycles. The van der Waals surface area contributed by atoms with E-state index in [0.717, 1.165) is 23.6 Å². The van der Waals surface area contributed by atoms with Crippen molar-refractivity contribution >= 4 is 34.3 Å². The molecule has 0 fully saturated rings. The van der Waals surface area contributed by atoms with E-state index in [0.29, 0.717) is 18.1 Å². The number of fused-ring (bicyclic) bond motifs is 1. The lowest BCUT2D eigenvalue weighted by atomic mass is 10.4. The van der Waals surface area contributed by atoms with Crippen LogP contribution in [0.5, 0.6) is 0 Å². The van der Waals surface area contributed by atoms with Gasteiger partial charge in [0.05, 0.1) is 24.1 Å². The molecular formula is C12H15N7S. The van der Waals surface area contributed by atoms with E-state index in [1.807, 2.05) is 29.8 Å². The Balaban J connectivity index is 1.97. The van der Waals surface area contributed by atoms with Gasteiger partial charge in [-0.15, -0.1) is 11.3 Å². The number of thiazole rings is 1. The van der Waals surface area contributed by atoms with Gasteiger partial charge in [0.25, 0.3) is 0 Å². The second-order valence-corrected chi connectivity index (χ2v) is 5.06. The third-order valence-electron chi connectivity index (χ3n) is 2.85. The van der Waals surface area contributed by atoms with Gasteiger partial charge in [0.1, 0.15) is 5.52 Å². The molecule has 0 aliphatic rings. The standard InChI is InChI=1S/C12H15N7S/c1-3-13-12-17-10-9(14-6-15-10)11(18-12)19(2)4-8-5-20-7-16-8/h5-7H,3-4H2,1-2H3,(H2,13,14,15,17,18). The van der Waals surface area contributed by atoms with Crippen molar-refractivity contribution in [3.05, 3.63) is 22.9 Å². The van der Waals surface area contributed by atoms with Gasteiger partial charge in [-0.05, 0) is 6.92 Å². The van der Waals surface area contributed by atoms with Crippen LogP contribution in [-0.2, 0) is 6.54 Å². The molecular weight excluding hydrogens is 274 g/mol. The maximum Gasteiger partial charge on any atom is 0.226 e. The molecule has 104 valence electrons. The molecule has 3 aromatic heterocycles. The summed E-state index contributed by atoms with van der Waals surface area (Å²) in [5.74, 6) is 1.41. The monoisotopic (exact) mass is 289 g/mol. The third kappa shape index (κ3) is 2.42. The molecule has 0 aliphatic heterocycles. The Morgan fingerprint density at radius 2 is 2.25 bits per heavy atom. The van der Waals surface area contributed by atoms with Crippen LogP contribution in [0.25, 0.3) is 11.2 Å². The van der Waals surface area contributed by atoms with E-state index in [2.05, 4.69) is 30.2 Å². The quantitative estimate of drug-likeness (QED) is 0.746. The summed E-state index contributed by atoms with van der Waals surface area (Å²) in [6.45, 7) is 3.47. The van der Waals surface area contributed by atoms with Crippen molar-refractivity contribution in [3.63, 3.8) is 0 Å². The summed E-state index contributed by atoms with van der Waals surface area (Å²) in [6, 6.07) is 0. The maximum absolute atomic E-state index is 4.55. The number of nitrogens with zero attached hydrogens (tertiary/aromatic N) is 5. The molecule has 0 spiro atoms. The molecule has 0 saturated heterocycles. The van der Waals surface area contributed by atoms with Crippen LogP contribution in [0.1, 0.15) is 12.6 Å². The van der Waals surface area contributed by atoms with Gasteiger partial charge in [0.2, 0.25) is 5.95 Å². The van der Waals surface area contributed by atoms with E-state index in [4.69, 9.17) is 0 Å². The fraction of sp³-hybridized carbons (Fsp3) is 0.333. The maximum atomic E-state index is 4.55. The van der Waals surface area contributed by atoms with Crippen LogP contribution in [-0.4, -0.2) is 38.5 Å². The highest BCUT2D eigenvalue weighted by Crippen LogP contribution is 2.23. The zero-order valence-corrected chi connectivity index (χ0v) is 12.1. The second-order valence-electron chi connectivity index (χ2n) is 4.34. The molecule has 0 aliphatic carbocycles. The first-order chi connectivity index (χ1) is 9.78. The number of rotatable bonds is 5. The van der Waals surface area contributed by atoms with Gasteiger partial charge in [0, 0.05) is 19.0 Å². The summed E-state index contributed by atoms with van der Waals surface area (Å²) in [5.41, 5.74) is 4.35. The zero-order valence-electron chi connectivity index (χ0n) is 11.3. The highest BCUT2D eigenvalue weighted by Gasteiger charge is 2.14. The van der Waals surface area contributed by atoms with Gasteiger partial charge in [-0.25, -0.2) is 9.97 Å². The summed E-state index contributed by atoms with van der Waals surface area (Å²) in [7, 11) is 1.98. The lowest BCUT2D eigenvalue weighted by Crippen LogP contribution is -2.19. The average Bonchev–Trinajstić information content (AvgIpc) is 3.08. The van der Waals surface area contributed by atoms with E-state index in [1.54, 1.807) is 17.7 Å². The summed E-state index contributed by atoms with van der Waals surface area (Å²) in [6.07, 6.45) is 1.63. The molecule has 8 heteroatoms. The number of anilines is 2. The topological polar surface area (TPSA) is 82.6 Å². The lowest BCUT2D eigenvalue weighted by Gasteiger charge is -2.18. The largest absolute Gasteiger partial charge is 0.354 e. The van der Waals surface area contributed by atoms with Crippen LogP contribution in [0.15, 0.2) is 17.2 Å². The summed E-state index contributed by atoms with van der Waals surface area (Å²) < 4.78 is 0. The fourth-order valence-electron chi connectivity index (χ4n) is 1.96. The Morgan fingerprint density at radius 1 is 1.35 bits per heavy atom. The molecule has 0 unspecified atom stereocenters. The van der Waals surface area contributed by atoms with Crippen molar-refractivity contribution in [1.82, 2.24) is 24.9 Å². The molecule has 20 heavy (non-hydrogen) atoms. The Labute approximate surface area is 120 Å². The molecule has 2 N–H and O–H groups in total. The van der Waals surface area contributed by atoms with Gasteiger partial charge in [0.15, 0.2) is 11.5 Å². The molecule has 0 atom stereocenters. The molecule has 0 radical (unpaired) electrons. The van der Waals surface area contributed by atoms with Crippen molar-refractivity contribution < 1.29 is 0 Å². The van der Waals surface area contributed by atoms with Crippen LogP contribution in [0, 0.1) is 0 Å². The first-order valence-corrected chi connectivity index (χ1v) is 7.25. The normalized spacial score (nSPS) is 10.9. The zero-order chi connectivity index (χ0) is 13.9. The minimum atomic E-state index is 0.590. The highest BCUT2D eigenvalue weighted by atomic mass is 32.1. The third-order valence-corrected chi connectivity index (χ3v) is 3.48. The summed E-state index contributed by atoms with van der Waals surface area (Å²) in [5, 5.41) is 5.16. The average molecular weight is 289 g/mol. The van der Waals surface area contributed by atoms with Gasteiger partial charge < -0.3 is 15.2 Å². The predicted molar refractivity (Wildman–Crippen MR) is 80.1 cm³/mol. The van der Waals surface area contributed by atoms with Crippen LogP contribution in [0.3, 0.4) is 0 Å². The van der Waals surface area contributed by atoms with E-state index in [1.165, 1.54) is 0 Å². The molecule has 0 amide bonds. The van der Waals surface area contributed by atoms with E-state index in [-0.39, 0.29) is 0 Å². The number of hydrogen-bond acceptors (Lipinski definition) is 7. The molecule has 0 bridgehead atoms. The lowest BCUT2D eigenvalue weighted by molar-refractivity contribution is 0.874. The smallest absolute Gasteiger partial charge is 0.226 e. The first-order valence-electron chi connectivity index (χ1n) is 6.31. The highest BCUT2D eigenvalue weighted by molar-refractivity contribution is 7.07. The van der Waals surface area contributed by atoms with Crippen molar-refractivity contribution in [2.45, 2.75) is 13.5 Å². The Morgan fingerprint density at radius 3 is 3.00 bits per heavy atom. The van der Waals surface area contributed by atoms with Crippen molar-refractivity contribution in [1.29, 1.82) is 0 Å². The summed E-state index contributed by atoms with van der Waals surface area (Å²) in [4.78, 5) is 22.6. The van der Waals surface area contributed by atoms with E-state index in [9.17, 15) is 0 Å². The van der Waals surface area contributed by atoms with Crippen molar-refractivity contribution in [3.8, 4) is 0 Å². The Kier molecular flexibility index (Phi) is 3.46. The predicted octanol–water partition coefficient (Wildman–Crippen LogP) is 1.88.